The summed E-state index contributed by atoms with van der Waals surface area (Å²) in [4.78, 5) is 0. The van der Waals surface area contributed by atoms with Crippen molar-refractivity contribution in [3.8, 4) is 0 Å². The molecule has 2 rings (SSSR count). The molecule has 1 aromatic carbocycles. The Kier molecular flexibility index (Phi) is 3.54. The van der Waals surface area contributed by atoms with Crippen molar-refractivity contribution >= 4 is 24.0 Å². The molecule has 0 bridgehead atoms. The Balaban J connectivity index is 0.000000845. The summed E-state index contributed by atoms with van der Waals surface area (Å²) in [6.45, 7) is 0.998. The lowest BCUT2D eigenvalue weighted by molar-refractivity contribution is 0.382. The first-order valence-corrected chi connectivity index (χ1v) is 4.33. The third-order valence-electron chi connectivity index (χ3n) is 2.16. The van der Waals surface area contributed by atoms with Crippen LogP contribution in [0.2, 0.25) is 5.02 Å². The highest BCUT2D eigenvalue weighted by Gasteiger charge is 2.20. The highest BCUT2D eigenvalue weighted by atomic mass is 35.5. The molecule has 1 heterocycles. The molecule has 0 saturated carbocycles. The zero-order valence-corrected chi connectivity index (χ0v) is 8.46. The van der Waals surface area contributed by atoms with Gasteiger partial charge in [0.2, 0.25) is 0 Å². The molecule has 1 aromatic rings. The summed E-state index contributed by atoms with van der Waals surface area (Å²) >= 11 is 5.90. The zero-order valence-electron chi connectivity index (χ0n) is 6.89. The van der Waals surface area contributed by atoms with E-state index in [1.165, 1.54) is 12.1 Å². The lowest BCUT2D eigenvalue weighted by Gasteiger charge is -2.28. The molecular weight excluding hydrogens is 212 g/mol. The molecule has 1 saturated heterocycles. The van der Waals surface area contributed by atoms with Gasteiger partial charge in [0.25, 0.3) is 0 Å². The number of nitrogens with one attached hydrogen (secondary N) is 1. The third kappa shape index (κ3) is 2.13. The van der Waals surface area contributed by atoms with Gasteiger partial charge in [-0.3, -0.25) is 0 Å². The van der Waals surface area contributed by atoms with E-state index in [2.05, 4.69) is 5.32 Å². The lowest BCUT2D eigenvalue weighted by Crippen LogP contribution is -2.35. The summed E-state index contributed by atoms with van der Waals surface area (Å²) < 4.78 is 12.8. The van der Waals surface area contributed by atoms with Crippen LogP contribution in [0.4, 0.5) is 4.39 Å². The predicted octanol–water partition coefficient (Wildman–Crippen LogP) is 2.94. The second kappa shape index (κ2) is 4.27. The molecule has 1 N–H and O–H groups in total. The quantitative estimate of drug-likeness (QED) is 0.770. The van der Waals surface area contributed by atoms with Crippen molar-refractivity contribution in [3.63, 3.8) is 0 Å². The van der Waals surface area contributed by atoms with Crippen LogP contribution < -0.4 is 5.32 Å². The van der Waals surface area contributed by atoms with Crippen LogP contribution in [0, 0.1) is 5.82 Å². The summed E-state index contributed by atoms with van der Waals surface area (Å²) in [5.74, 6) is -0.219. The average Bonchev–Trinajstić information content (AvgIpc) is 1.93. The van der Waals surface area contributed by atoms with Crippen LogP contribution in [-0.2, 0) is 0 Å². The van der Waals surface area contributed by atoms with Crippen molar-refractivity contribution in [2.45, 2.75) is 12.5 Å². The largest absolute Gasteiger partial charge is 0.310 e. The van der Waals surface area contributed by atoms with Crippen molar-refractivity contribution in [1.29, 1.82) is 0 Å². The number of hydrogen-bond donors (Lipinski definition) is 1. The van der Waals surface area contributed by atoms with E-state index in [4.69, 9.17) is 11.6 Å². The molecule has 0 unspecified atom stereocenters. The van der Waals surface area contributed by atoms with Crippen LogP contribution in [0.25, 0.3) is 0 Å². The van der Waals surface area contributed by atoms with Crippen LogP contribution in [0.1, 0.15) is 18.0 Å². The molecule has 13 heavy (non-hydrogen) atoms. The van der Waals surface area contributed by atoms with Crippen LogP contribution >= 0.6 is 24.0 Å². The third-order valence-corrected chi connectivity index (χ3v) is 2.50. The van der Waals surface area contributed by atoms with E-state index >= 15 is 0 Å². The van der Waals surface area contributed by atoms with Crippen molar-refractivity contribution in [3.05, 3.63) is 34.6 Å². The van der Waals surface area contributed by atoms with Gasteiger partial charge in [-0.2, -0.15) is 0 Å². The fourth-order valence-electron chi connectivity index (χ4n) is 1.34. The number of hydrogen-bond acceptors (Lipinski definition) is 1. The molecule has 1 aliphatic heterocycles. The smallest absolute Gasteiger partial charge is 0.123 e. The molecule has 1 nitrogen and oxygen atoms in total. The summed E-state index contributed by atoms with van der Waals surface area (Å²) in [6.07, 6.45) is 1.04. The van der Waals surface area contributed by atoms with E-state index in [0.29, 0.717) is 5.02 Å². The Morgan fingerprint density at radius 3 is 2.69 bits per heavy atom. The van der Waals surface area contributed by atoms with E-state index < -0.39 is 0 Å². The van der Waals surface area contributed by atoms with Crippen LogP contribution in [-0.4, -0.2) is 6.54 Å². The summed E-state index contributed by atoms with van der Waals surface area (Å²) in [5.41, 5.74) is 0.878. The number of benzene rings is 1. The summed E-state index contributed by atoms with van der Waals surface area (Å²) in [5, 5.41) is 3.83. The van der Waals surface area contributed by atoms with Gasteiger partial charge in [0.05, 0.1) is 0 Å². The lowest BCUT2D eigenvalue weighted by atomic mass is 9.98. The highest BCUT2D eigenvalue weighted by molar-refractivity contribution is 6.31. The molecular formula is C9H10Cl2FN. The van der Waals surface area contributed by atoms with Crippen molar-refractivity contribution in [2.75, 3.05) is 6.54 Å². The molecule has 0 spiro atoms. The van der Waals surface area contributed by atoms with E-state index in [-0.39, 0.29) is 24.3 Å². The SMILES string of the molecule is Cl.Fc1ccc(Cl)c([C@H]2CCN2)c1. The van der Waals surface area contributed by atoms with Gasteiger partial charge in [-0.25, -0.2) is 4.39 Å². The standard InChI is InChI=1S/C9H9ClFN.ClH/c10-8-2-1-6(11)5-7(8)9-3-4-12-9;/h1-2,5,9,12H,3-4H2;1H/t9-;/m1./s1. The van der Waals surface area contributed by atoms with Gasteiger partial charge in [0.15, 0.2) is 0 Å². The van der Waals surface area contributed by atoms with Gasteiger partial charge < -0.3 is 5.32 Å². The first-order valence-electron chi connectivity index (χ1n) is 3.96. The maximum absolute atomic E-state index is 12.8. The van der Waals surface area contributed by atoms with E-state index in [9.17, 15) is 4.39 Å². The average molecular weight is 222 g/mol. The molecule has 1 fully saturated rings. The molecule has 0 aliphatic carbocycles. The van der Waals surface area contributed by atoms with Gasteiger partial charge in [-0.05, 0) is 36.7 Å². The van der Waals surface area contributed by atoms with Gasteiger partial charge >= 0.3 is 0 Å². The summed E-state index contributed by atoms with van der Waals surface area (Å²) in [7, 11) is 0. The number of halogens is 3. The van der Waals surface area contributed by atoms with Crippen LogP contribution in [0.3, 0.4) is 0 Å². The highest BCUT2D eigenvalue weighted by Crippen LogP contribution is 2.29. The molecule has 0 aromatic heterocycles. The zero-order chi connectivity index (χ0) is 8.55. The second-order valence-electron chi connectivity index (χ2n) is 2.96. The van der Waals surface area contributed by atoms with Crippen LogP contribution in [0.5, 0.6) is 0 Å². The van der Waals surface area contributed by atoms with Crippen molar-refractivity contribution in [1.82, 2.24) is 5.32 Å². The topological polar surface area (TPSA) is 12.0 Å². The Bertz CT molecular complexity index is 300. The van der Waals surface area contributed by atoms with Crippen molar-refractivity contribution < 1.29 is 4.39 Å². The Morgan fingerprint density at radius 1 is 1.46 bits per heavy atom. The molecule has 1 aliphatic rings. The molecule has 1 atom stereocenters. The Hall–Kier alpha value is -0.310. The second-order valence-corrected chi connectivity index (χ2v) is 3.37. The monoisotopic (exact) mass is 221 g/mol. The minimum absolute atomic E-state index is 0. The fourth-order valence-corrected chi connectivity index (χ4v) is 1.59. The molecule has 0 amide bonds. The first kappa shape index (κ1) is 10.8. The van der Waals surface area contributed by atoms with Gasteiger partial charge in [0.1, 0.15) is 5.82 Å². The minimum Gasteiger partial charge on any atom is -0.310 e. The fraction of sp³-hybridized carbons (Fsp3) is 0.333. The Morgan fingerprint density at radius 2 is 2.15 bits per heavy atom. The maximum atomic E-state index is 12.8. The normalized spacial score (nSPS) is 20.3. The predicted molar refractivity (Wildman–Crippen MR) is 54.0 cm³/mol. The van der Waals surface area contributed by atoms with Gasteiger partial charge in [0, 0.05) is 11.1 Å². The van der Waals surface area contributed by atoms with Gasteiger partial charge in [-0.15, -0.1) is 12.4 Å². The minimum atomic E-state index is -0.219. The van der Waals surface area contributed by atoms with Crippen molar-refractivity contribution in [2.24, 2.45) is 0 Å². The molecule has 72 valence electrons. The summed E-state index contributed by atoms with van der Waals surface area (Å²) in [6, 6.07) is 4.74. The van der Waals surface area contributed by atoms with E-state index in [1.807, 2.05) is 0 Å². The molecule has 0 radical (unpaired) electrons. The van der Waals surface area contributed by atoms with E-state index in [1.54, 1.807) is 6.07 Å². The molecule has 4 heteroatoms. The number of rotatable bonds is 1. The first-order chi connectivity index (χ1) is 5.77. The van der Waals surface area contributed by atoms with E-state index in [0.717, 1.165) is 18.5 Å². The van der Waals surface area contributed by atoms with Gasteiger partial charge in [-0.1, -0.05) is 11.6 Å². The Labute approximate surface area is 87.7 Å². The van der Waals surface area contributed by atoms with Crippen LogP contribution in [0.15, 0.2) is 18.2 Å². The maximum Gasteiger partial charge on any atom is 0.123 e.